The normalized spacial score (nSPS) is 30.3. The van der Waals surface area contributed by atoms with Crippen molar-refractivity contribution in [1.29, 1.82) is 0 Å². The van der Waals surface area contributed by atoms with Crippen LogP contribution < -0.4 is 14.8 Å². The number of nitrogens with one attached hydrogen (secondary N) is 1. The van der Waals surface area contributed by atoms with Crippen molar-refractivity contribution in [2.24, 2.45) is 0 Å². The molecule has 1 aromatic carbocycles. The summed E-state index contributed by atoms with van der Waals surface area (Å²) in [5.41, 5.74) is 1.59. The molecule has 3 heterocycles. The summed E-state index contributed by atoms with van der Waals surface area (Å²) in [6.45, 7) is 1.88. The number of carbonyl (C=O) groups excluding carboxylic acids is 1. The molecule has 0 aliphatic carbocycles. The molecule has 0 saturated carbocycles. The van der Waals surface area contributed by atoms with Crippen LogP contribution in [-0.2, 0) is 9.53 Å². The van der Waals surface area contributed by atoms with E-state index in [1.165, 1.54) is 12.7 Å². The first kappa shape index (κ1) is 17.5. The fourth-order valence-electron chi connectivity index (χ4n) is 5.33. The number of carbonyl (C=O) groups is 1. The van der Waals surface area contributed by atoms with Crippen LogP contribution in [0.5, 0.6) is 11.5 Å². The van der Waals surface area contributed by atoms with E-state index in [0.29, 0.717) is 5.75 Å². The number of benzene rings is 1. The lowest BCUT2D eigenvalue weighted by molar-refractivity contribution is -0.159. The molecule has 0 amide bonds. The monoisotopic (exact) mass is 360 g/mol. The standard InChI is InChI=1S/C20H28N2O4/c1-24-15-8-7-13-14-9-12-22-11-6-4-5-10-20(22,19(23)26-3)18(14)21-16(13)17(15)25-2/h7-8,14,18,21H,4-6,9-12H2,1-3H3. The van der Waals surface area contributed by atoms with Crippen LogP contribution in [0.25, 0.3) is 0 Å². The molecule has 6 heteroatoms. The molecule has 3 unspecified atom stereocenters. The number of hydrogen-bond acceptors (Lipinski definition) is 6. The molecule has 2 fully saturated rings. The van der Waals surface area contributed by atoms with Gasteiger partial charge < -0.3 is 19.5 Å². The maximum atomic E-state index is 13.1. The Morgan fingerprint density at radius 2 is 2.00 bits per heavy atom. The molecule has 3 aliphatic rings. The van der Waals surface area contributed by atoms with Gasteiger partial charge in [0.2, 0.25) is 0 Å². The third-order valence-electron chi connectivity index (χ3n) is 6.49. The number of methoxy groups -OCH3 is 3. The Balaban J connectivity index is 1.81. The van der Waals surface area contributed by atoms with Gasteiger partial charge in [0.25, 0.3) is 0 Å². The minimum Gasteiger partial charge on any atom is -0.493 e. The number of rotatable bonds is 3. The lowest BCUT2D eigenvalue weighted by Crippen LogP contribution is -2.67. The topological polar surface area (TPSA) is 60.0 Å². The van der Waals surface area contributed by atoms with Crippen molar-refractivity contribution >= 4 is 11.7 Å². The number of hydrogen-bond donors (Lipinski definition) is 1. The lowest BCUT2D eigenvalue weighted by atomic mass is 9.72. The van der Waals surface area contributed by atoms with Gasteiger partial charge in [0.15, 0.2) is 11.5 Å². The zero-order valence-corrected chi connectivity index (χ0v) is 15.8. The van der Waals surface area contributed by atoms with E-state index in [2.05, 4.69) is 16.3 Å². The predicted molar refractivity (Wildman–Crippen MR) is 99.1 cm³/mol. The molecule has 3 aliphatic heterocycles. The summed E-state index contributed by atoms with van der Waals surface area (Å²) < 4.78 is 16.5. The Morgan fingerprint density at radius 1 is 1.15 bits per heavy atom. The molecule has 0 spiro atoms. The van der Waals surface area contributed by atoms with Crippen molar-refractivity contribution in [3.05, 3.63) is 17.7 Å². The van der Waals surface area contributed by atoms with Crippen molar-refractivity contribution in [3.8, 4) is 11.5 Å². The van der Waals surface area contributed by atoms with Crippen molar-refractivity contribution in [2.45, 2.75) is 49.6 Å². The van der Waals surface area contributed by atoms with E-state index < -0.39 is 5.54 Å². The minimum atomic E-state index is -0.606. The molecule has 0 bridgehead atoms. The van der Waals surface area contributed by atoms with Crippen LogP contribution in [0.15, 0.2) is 12.1 Å². The number of nitrogens with zero attached hydrogens (tertiary/aromatic N) is 1. The second-order valence-electron chi connectivity index (χ2n) is 7.50. The maximum absolute atomic E-state index is 13.1. The van der Waals surface area contributed by atoms with E-state index >= 15 is 0 Å². The van der Waals surface area contributed by atoms with E-state index in [1.807, 2.05) is 6.07 Å². The summed E-state index contributed by atoms with van der Waals surface area (Å²) in [4.78, 5) is 15.5. The van der Waals surface area contributed by atoms with Crippen molar-refractivity contribution < 1.29 is 19.0 Å². The second kappa shape index (κ2) is 6.65. The quantitative estimate of drug-likeness (QED) is 0.837. The van der Waals surface area contributed by atoms with Gasteiger partial charge in [-0.15, -0.1) is 0 Å². The molecule has 2 saturated heterocycles. The van der Waals surface area contributed by atoms with Gasteiger partial charge in [0.05, 0.1) is 33.1 Å². The summed E-state index contributed by atoms with van der Waals surface area (Å²) in [5, 5.41) is 3.67. The van der Waals surface area contributed by atoms with Crippen molar-refractivity contribution in [3.63, 3.8) is 0 Å². The molecule has 1 aromatic rings. The van der Waals surface area contributed by atoms with Gasteiger partial charge in [-0.2, -0.15) is 0 Å². The molecule has 4 rings (SSSR count). The molecular weight excluding hydrogens is 332 g/mol. The molecule has 0 aromatic heterocycles. The fraction of sp³-hybridized carbons (Fsp3) is 0.650. The number of anilines is 1. The van der Waals surface area contributed by atoms with Gasteiger partial charge in [-0.3, -0.25) is 4.90 Å². The summed E-state index contributed by atoms with van der Waals surface area (Å²) in [5.74, 6) is 1.60. The molecule has 6 nitrogen and oxygen atoms in total. The van der Waals surface area contributed by atoms with Crippen LogP contribution in [0.1, 0.15) is 43.6 Å². The smallest absolute Gasteiger partial charge is 0.328 e. The molecule has 142 valence electrons. The number of esters is 1. The van der Waals surface area contributed by atoms with Gasteiger partial charge in [-0.1, -0.05) is 18.9 Å². The molecule has 26 heavy (non-hydrogen) atoms. The zero-order chi connectivity index (χ0) is 18.3. The Hall–Kier alpha value is -1.95. The van der Waals surface area contributed by atoms with Crippen molar-refractivity contribution in [1.82, 2.24) is 4.90 Å². The Bertz CT molecular complexity index is 707. The maximum Gasteiger partial charge on any atom is 0.328 e. The predicted octanol–water partition coefficient (Wildman–Crippen LogP) is 2.77. The van der Waals surface area contributed by atoms with Crippen LogP contribution in [0.3, 0.4) is 0 Å². The molecular formula is C20H28N2O4. The summed E-state index contributed by atoms with van der Waals surface area (Å²) in [7, 11) is 4.82. The Labute approximate surface area is 154 Å². The first-order valence-electron chi connectivity index (χ1n) is 9.52. The van der Waals surface area contributed by atoms with E-state index in [1.54, 1.807) is 14.2 Å². The highest BCUT2D eigenvalue weighted by Gasteiger charge is 2.59. The minimum absolute atomic E-state index is 0.00203. The van der Waals surface area contributed by atoms with E-state index in [4.69, 9.17) is 14.2 Å². The van der Waals surface area contributed by atoms with Crippen molar-refractivity contribution in [2.75, 3.05) is 39.7 Å². The summed E-state index contributed by atoms with van der Waals surface area (Å²) in [6.07, 6.45) is 5.21. The summed E-state index contributed by atoms with van der Waals surface area (Å²) >= 11 is 0. The van der Waals surface area contributed by atoms with Gasteiger partial charge in [-0.05, 0) is 44.0 Å². The van der Waals surface area contributed by atoms with Crippen LogP contribution in [0.4, 0.5) is 5.69 Å². The third-order valence-corrected chi connectivity index (χ3v) is 6.49. The number of fused-ring (bicyclic) bond motifs is 5. The molecule has 3 atom stereocenters. The van der Waals surface area contributed by atoms with Gasteiger partial charge >= 0.3 is 5.97 Å². The first-order chi connectivity index (χ1) is 12.7. The van der Waals surface area contributed by atoms with Crippen LogP contribution in [0, 0.1) is 0 Å². The van der Waals surface area contributed by atoms with E-state index in [-0.39, 0.29) is 17.9 Å². The SMILES string of the molecule is COC(=O)C12CCCCCN1CCC1c3ccc(OC)c(OC)c3NC12. The highest BCUT2D eigenvalue weighted by atomic mass is 16.5. The molecule has 1 N–H and O–H groups in total. The van der Waals surface area contributed by atoms with E-state index in [9.17, 15) is 4.79 Å². The highest BCUT2D eigenvalue weighted by molar-refractivity contribution is 5.85. The lowest BCUT2D eigenvalue weighted by Gasteiger charge is -2.50. The average molecular weight is 360 g/mol. The first-order valence-corrected chi connectivity index (χ1v) is 9.52. The van der Waals surface area contributed by atoms with Crippen LogP contribution in [-0.4, -0.2) is 56.9 Å². The van der Waals surface area contributed by atoms with Gasteiger partial charge in [-0.25, -0.2) is 4.79 Å². The largest absolute Gasteiger partial charge is 0.493 e. The van der Waals surface area contributed by atoms with E-state index in [0.717, 1.165) is 56.6 Å². The van der Waals surface area contributed by atoms with Gasteiger partial charge in [0.1, 0.15) is 5.54 Å². The molecule has 0 radical (unpaired) electrons. The number of ether oxygens (including phenoxy) is 3. The number of piperidine rings is 1. The highest BCUT2D eigenvalue weighted by Crippen LogP contribution is 2.54. The Kier molecular flexibility index (Phi) is 4.47. The second-order valence-corrected chi connectivity index (χ2v) is 7.50. The zero-order valence-electron chi connectivity index (χ0n) is 15.8. The van der Waals surface area contributed by atoms with Crippen LogP contribution in [0.2, 0.25) is 0 Å². The van der Waals surface area contributed by atoms with Crippen LogP contribution >= 0.6 is 0 Å². The third kappa shape index (κ3) is 2.31. The fourth-order valence-corrected chi connectivity index (χ4v) is 5.33. The Morgan fingerprint density at radius 3 is 2.73 bits per heavy atom. The average Bonchev–Trinajstić information content (AvgIpc) is 2.91. The summed E-state index contributed by atoms with van der Waals surface area (Å²) in [6, 6.07) is 4.08. The van der Waals surface area contributed by atoms with Gasteiger partial charge in [0, 0.05) is 5.92 Å².